The zero-order valence-electron chi connectivity index (χ0n) is 29.0. The second-order valence-corrected chi connectivity index (χ2v) is 15.0. The molecule has 0 amide bonds. The number of benzene rings is 3. The first kappa shape index (κ1) is 40.3. The number of hydrogen-bond acceptors (Lipinski definition) is 5. The number of carboxylic acids is 1. The van der Waals surface area contributed by atoms with Crippen LogP contribution >= 0.6 is 23.4 Å². The molecule has 5 nitrogen and oxygen atoms in total. The van der Waals surface area contributed by atoms with Crippen molar-refractivity contribution >= 4 is 52.4 Å². The molecule has 4 aromatic rings. The van der Waals surface area contributed by atoms with Crippen molar-refractivity contribution in [3.05, 3.63) is 112 Å². The fourth-order valence-corrected chi connectivity index (χ4v) is 7.95. The first-order valence-electron chi connectivity index (χ1n) is 16.5. The maximum atomic E-state index is 12.8. The van der Waals surface area contributed by atoms with Gasteiger partial charge in [-0.15, -0.1) is 0 Å². The average molecular weight is 695 g/mol. The number of halogens is 1. The molecule has 2 fully saturated rings. The number of fused-ring (bicyclic) bond motifs is 1. The second kappa shape index (κ2) is 18.7. The van der Waals surface area contributed by atoms with E-state index in [1.165, 1.54) is 37.7 Å². The Balaban J connectivity index is 0.000000818. The Bertz CT molecular complexity index is 1660. The number of aryl methyl sites for hydroxylation is 1. The van der Waals surface area contributed by atoms with Gasteiger partial charge in [0.05, 0.1) is 11.2 Å². The number of carbonyl (C=O) groups is 1. The zero-order valence-corrected chi connectivity index (χ0v) is 32.5. The third kappa shape index (κ3) is 12.0. The number of aliphatic carboxylic acids is 1. The van der Waals surface area contributed by atoms with Gasteiger partial charge in [-0.05, 0) is 84.2 Å². The van der Waals surface area contributed by atoms with E-state index in [-0.39, 0.29) is 52.8 Å². The molecule has 0 spiro atoms. The van der Waals surface area contributed by atoms with Crippen LogP contribution in [0, 0.1) is 5.41 Å². The van der Waals surface area contributed by atoms with Crippen LogP contribution in [-0.2, 0) is 16.8 Å². The van der Waals surface area contributed by atoms with Crippen LogP contribution in [0.25, 0.3) is 23.1 Å². The van der Waals surface area contributed by atoms with Gasteiger partial charge < -0.3 is 21.2 Å². The van der Waals surface area contributed by atoms with E-state index < -0.39 is 11.6 Å². The van der Waals surface area contributed by atoms with Gasteiger partial charge in [0.25, 0.3) is 0 Å². The van der Waals surface area contributed by atoms with Crippen LogP contribution in [0.2, 0.25) is 5.02 Å². The number of nitrogens with zero attached hydrogens (tertiary/aromatic N) is 1. The Morgan fingerprint density at radius 3 is 2.31 bits per heavy atom. The predicted molar refractivity (Wildman–Crippen MR) is 195 cm³/mol. The molecule has 0 aliphatic heterocycles. The zero-order chi connectivity index (χ0) is 32.6. The summed E-state index contributed by atoms with van der Waals surface area (Å²) < 4.78 is 0. The van der Waals surface area contributed by atoms with Crippen LogP contribution in [0.3, 0.4) is 0 Å². The Hall–Kier alpha value is -2.16. The van der Waals surface area contributed by atoms with Gasteiger partial charge in [-0.25, -0.2) is 4.98 Å². The van der Waals surface area contributed by atoms with Gasteiger partial charge in [0.1, 0.15) is 0 Å². The molecule has 0 saturated heterocycles. The molecule has 0 bridgehead atoms. The summed E-state index contributed by atoms with van der Waals surface area (Å²) in [6, 6.07) is 26.1. The monoisotopic (exact) mass is 694 g/mol. The molecule has 250 valence electrons. The van der Waals surface area contributed by atoms with Gasteiger partial charge in [0.15, 0.2) is 0 Å². The fraction of sp³-hybridized carbons (Fsp3) is 0.400. The molecule has 48 heavy (non-hydrogen) atoms. The van der Waals surface area contributed by atoms with E-state index >= 15 is 0 Å². The van der Waals surface area contributed by atoms with Crippen molar-refractivity contribution in [2.75, 3.05) is 5.75 Å². The quantitative estimate of drug-likeness (QED) is 0.175. The van der Waals surface area contributed by atoms with Gasteiger partial charge in [0, 0.05) is 21.6 Å². The van der Waals surface area contributed by atoms with Crippen LogP contribution in [0.5, 0.6) is 0 Å². The maximum absolute atomic E-state index is 12.8. The second-order valence-electron chi connectivity index (χ2n) is 13.4. The molecule has 3 aromatic carbocycles. The molecule has 0 radical (unpaired) electrons. The normalized spacial score (nSPS) is 15.6. The number of hydrogen-bond donors (Lipinski definition) is 1. The molecular formula is C40H48ClN2NaO3S. The SMILES string of the molecule is C1CCCC1.CC(C)([O-])c1ccccc1CC[C@@H](SCC1(CC(=O)[O-])CC1)c1cccc(/C=C/c2ccc3ccc(Cl)cc3n2)c1.[NH4+].[Na+]. The molecule has 8 heteroatoms. The van der Waals surface area contributed by atoms with E-state index in [2.05, 4.69) is 36.4 Å². The van der Waals surface area contributed by atoms with Crippen LogP contribution < -0.4 is 45.9 Å². The average Bonchev–Trinajstić information content (AvgIpc) is 3.50. The van der Waals surface area contributed by atoms with E-state index in [0.29, 0.717) is 5.02 Å². The molecule has 2 saturated carbocycles. The topological polar surface area (TPSA) is 113 Å². The first-order valence-corrected chi connectivity index (χ1v) is 18.0. The van der Waals surface area contributed by atoms with E-state index in [9.17, 15) is 15.0 Å². The summed E-state index contributed by atoms with van der Waals surface area (Å²) in [5.41, 5.74) is 4.56. The Morgan fingerprint density at radius 1 is 0.958 bits per heavy atom. The number of quaternary nitrogens is 1. The van der Waals surface area contributed by atoms with Crippen molar-refractivity contribution in [3.8, 4) is 0 Å². The fourth-order valence-electron chi connectivity index (χ4n) is 6.22. The number of carbonyl (C=O) groups excluding carboxylic acids is 1. The molecule has 4 N–H and O–H groups in total. The molecule has 6 rings (SSSR count). The minimum absolute atomic E-state index is 0. The van der Waals surface area contributed by atoms with E-state index in [1.807, 2.05) is 66.4 Å². The largest absolute Gasteiger partial charge is 1.00 e. The van der Waals surface area contributed by atoms with Crippen LogP contribution in [0.1, 0.15) is 105 Å². The van der Waals surface area contributed by atoms with Crippen molar-refractivity contribution in [3.63, 3.8) is 0 Å². The number of pyridine rings is 1. The molecule has 1 atom stereocenters. The summed E-state index contributed by atoms with van der Waals surface area (Å²) in [5, 5.41) is 26.1. The Labute approximate surface area is 317 Å². The van der Waals surface area contributed by atoms with E-state index in [0.717, 1.165) is 64.7 Å². The summed E-state index contributed by atoms with van der Waals surface area (Å²) in [7, 11) is 0. The van der Waals surface area contributed by atoms with Crippen molar-refractivity contribution in [1.82, 2.24) is 11.1 Å². The third-order valence-electron chi connectivity index (χ3n) is 9.06. The van der Waals surface area contributed by atoms with Crippen molar-refractivity contribution in [2.45, 2.75) is 88.9 Å². The Kier molecular flexibility index (Phi) is 15.7. The standard InChI is InChI=1S/C35H35ClNO3S.C5H10.H3N.Na/c1-34(2,40)30-9-4-3-7-25(30)13-17-32(41-23-35(18-19-35)22-33(38)39)27-8-5-6-24(20-27)10-15-29-16-12-26-11-14-28(36)21-31(26)37-29;1-2-4-5-3-1;;/h3-12,14-16,20-21,32H,13,17-19,22-23H2,1-2H3,(H,38,39);1-5H2;1H3;/q-1;;;+1/b15-10+;;;/t32-;;;/m1.../s1. The number of aromatic nitrogens is 1. The van der Waals surface area contributed by atoms with Gasteiger partial charge in [-0.1, -0.05) is 135 Å². The maximum Gasteiger partial charge on any atom is 1.00 e. The summed E-state index contributed by atoms with van der Waals surface area (Å²) in [6.07, 6.45) is 15.2. The van der Waals surface area contributed by atoms with Crippen molar-refractivity contribution < 1.29 is 44.6 Å². The minimum Gasteiger partial charge on any atom is -0.846 e. The number of carboxylic acid groups (broad SMARTS) is 1. The molecule has 0 unspecified atom stereocenters. The van der Waals surface area contributed by atoms with Crippen LogP contribution in [0.15, 0.2) is 78.9 Å². The smallest absolute Gasteiger partial charge is 0.846 e. The van der Waals surface area contributed by atoms with Crippen LogP contribution in [-0.4, -0.2) is 16.7 Å². The Morgan fingerprint density at radius 2 is 1.65 bits per heavy atom. The van der Waals surface area contributed by atoms with E-state index in [4.69, 9.17) is 16.6 Å². The number of rotatable bonds is 12. The minimum atomic E-state index is -1.17. The van der Waals surface area contributed by atoms with E-state index in [1.54, 1.807) is 13.8 Å². The van der Waals surface area contributed by atoms with Gasteiger partial charge in [-0.3, -0.25) is 0 Å². The molecule has 1 aromatic heterocycles. The molecule has 2 aliphatic rings. The first-order chi connectivity index (χ1) is 22.1. The van der Waals surface area contributed by atoms with Gasteiger partial charge in [-0.2, -0.15) is 11.8 Å². The molecular weight excluding hydrogens is 647 g/mol. The molecule has 1 heterocycles. The van der Waals surface area contributed by atoms with Gasteiger partial charge >= 0.3 is 29.6 Å². The van der Waals surface area contributed by atoms with Gasteiger partial charge in [0.2, 0.25) is 0 Å². The van der Waals surface area contributed by atoms with Crippen molar-refractivity contribution in [2.24, 2.45) is 5.41 Å². The predicted octanol–water partition coefficient (Wildman–Crippen LogP) is 6.31. The third-order valence-corrected chi connectivity index (χ3v) is 11.0. The number of thioether (sulfide) groups is 1. The van der Waals surface area contributed by atoms with Crippen molar-refractivity contribution in [1.29, 1.82) is 0 Å². The summed E-state index contributed by atoms with van der Waals surface area (Å²) in [6.45, 7) is 3.42. The summed E-state index contributed by atoms with van der Waals surface area (Å²) >= 11 is 7.99. The summed E-state index contributed by atoms with van der Waals surface area (Å²) in [4.78, 5) is 16.1. The molecule has 2 aliphatic carbocycles. The van der Waals surface area contributed by atoms with Crippen LogP contribution in [0.4, 0.5) is 0 Å². The summed E-state index contributed by atoms with van der Waals surface area (Å²) in [5.74, 6) is -0.188.